The minimum Gasteiger partial charge on any atom is -0.494 e. The Hall–Kier alpha value is -2.57. The van der Waals surface area contributed by atoms with Crippen molar-refractivity contribution < 1.29 is 19.2 Å². The van der Waals surface area contributed by atoms with Gasteiger partial charge in [-0.25, -0.2) is 4.79 Å². The smallest absolute Gasteiger partial charge is 0.335 e. The van der Waals surface area contributed by atoms with E-state index in [2.05, 4.69) is 35.8 Å². The van der Waals surface area contributed by atoms with Gasteiger partial charge in [-0.3, -0.25) is 0 Å². The van der Waals surface area contributed by atoms with Gasteiger partial charge in [-0.1, -0.05) is 25.9 Å². The minimum absolute atomic E-state index is 0.272. The zero-order chi connectivity index (χ0) is 21.0. The molecule has 2 aromatic rings. The van der Waals surface area contributed by atoms with Gasteiger partial charge in [0.2, 0.25) is 0 Å². The first kappa shape index (κ1) is 21.1. The van der Waals surface area contributed by atoms with E-state index in [1.807, 2.05) is 0 Å². The molecule has 7 nitrogen and oxygen atoms in total. The SMILES string of the molecule is Cc1cc(OCC[C@@H](C)C2CCN(c3nc(C(C)C)no3)CC2)ccc1C(=O)O. The van der Waals surface area contributed by atoms with Crippen molar-refractivity contribution in [2.24, 2.45) is 11.8 Å². The third kappa shape index (κ3) is 5.28. The van der Waals surface area contributed by atoms with Crippen LogP contribution in [-0.4, -0.2) is 40.9 Å². The van der Waals surface area contributed by atoms with Gasteiger partial charge in [0, 0.05) is 19.0 Å². The Bertz CT molecular complexity index is 825. The Morgan fingerprint density at radius 1 is 1.31 bits per heavy atom. The molecule has 1 saturated heterocycles. The van der Waals surface area contributed by atoms with Crippen molar-refractivity contribution in [3.8, 4) is 5.75 Å². The molecular formula is C22H31N3O4. The Morgan fingerprint density at radius 2 is 2.03 bits per heavy atom. The molecule has 0 spiro atoms. The summed E-state index contributed by atoms with van der Waals surface area (Å²) in [7, 11) is 0. The van der Waals surface area contributed by atoms with E-state index in [4.69, 9.17) is 14.4 Å². The number of benzene rings is 1. The lowest BCUT2D eigenvalue weighted by molar-refractivity contribution is 0.0696. The highest BCUT2D eigenvalue weighted by molar-refractivity contribution is 5.89. The normalized spacial score (nSPS) is 16.2. The van der Waals surface area contributed by atoms with Crippen molar-refractivity contribution >= 4 is 12.0 Å². The summed E-state index contributed by atoms with van der Waals surface area (Å²) in [5.74, 6) is 2.07. The highest BCUT2D eigenvalue weighted by Crippen LogP contribution is 2.30. The first-order chi connectivity index (χ1) is 13.8. The zero-order valence-electron chi connectivity index (χ0n) is 17.7. The van der Waals surface area contributed by atoms with Crippen LogP contribution in [0.15, 0.2) is 22.7 Å². The molecule has 0 aliphatic carbocycles. The summed E-state index contributed by atoms with van der Waals surface area (Å²) in [5, 5.41) is 13.2. The molecule has 2 heterocycles. The number of carboxylic acids is 1. The number of piperidine rings is 1. The second-order valence-corrected chi connectivity index (χ2v) is 8.31. The number of anilines is 1. The second kappa shape index (κ2) is 9.29. The molecule has 0 radical (unpaired) electrons. The maximum atomic E-state index is 11.1. The second-order valence-electron chi connectivity index (χ2n) is 8.31. The van der Waals surface area contributed by atoms with Crippen LogP contribution in [0, 0.1) is 18.8 Å². The van der Waals surface area contributed by atoms with Crippen molar-refractivity contribution in [1.29, 1.82) is 0 Å². The van der Waals surface area contributed by atoms with Gasteiger partial charge in [-0.05, 0) is 61.8 Å². The van der Waals surface area contributed by atoms with Crippen molar-refractivity contribution in [3.05, 3.63) is 35.2 Å². The lowest BCUT2D eigenvalue weighted by Gasteiger charge is -2.33. The lowest BCUT2D eigenvalue weighted by Crippen LogP contribution is -2.36. The molecule has 158 valence electrons. The number of aryl methyl sites for hydroxylation is 1. The zero-order valence-corrected chi connectivity index (χ0v) is 17.7. The average molecular weight is 402 g/mol. The molecule has 1 aliphatic rings. The average Bonchev–Trinajstić information content (AvgIpc) is 3.18. The fourth-order valence-corrected chi connectivity index (χ4v) is 3.81. The Kier molecular flexibility index (Phi) is 6.77. The van der Waals surface area contributed by atoms with Crippen LogP contribution in [0.25, 0.3) is 0 Å². The summed E-state index contributed by atoms with van der Waals surface area (Å²) in [6, 6.07) is 5.77. The quantitative estimate of drug-likeness (QED) is 0.695. The van der Waals surface area contributed by atoms with Gasteiger partial charge >= 0.3 is 12.0 Å². The van der Waals surface area contributed by atoms with Crippen LogP contribution < -0.4 is 9.64 Å². The minimum atomic E-state index is -0.907. The molecule has 0 bridgehead atoms. The van der Waals surface area contributed by atoms with Crippen LogP contribution in [0.1, 0.15) is 67.7 Å². The molecule has 0 saturated carbocycles. The topological polar surface area (TPSA) is 88.7 Å². The fraction of sp³-hybridized carbons (Fsp3) is 0.591. The summed E-state index contributed by atoms with van der Waals surface area (Å²) in [6.07, 6.45) is 3.18. The molecule has 1 aromatic carbocycles. The number of aromatic carboxylic acids is 1. The fourth-order valence-electron chi connectivity index (χ4n) is 3.81. The van der Waals surface area contributed by atoms with Gasteiger partial charge in [-0.15, -0.1) is 0 Å². The van der Waals surface area contributed by atoms with E-state index in [-0.39, 0.29) is 5.92 Å². The largest absolute Gasteiger partial charge is 0.494 e. The van der Waals surface area contributed by atoms with Crippen molar-refractivity contribution in [2.45, 2.75) is 52.9 Å². The van der Waals surface area contributed by atoms with Crippen molar-refractivity contribution in [1.82, 2.24) is 10.1 Å². The number of aromatic nitrogens is 2. The molecule has 1 atom stereocenters. The summed E-state index contributed by atoms with van der Waals surface area (Å²) in [6.45, 7) is 10.7. The summed E-state index contributed by atoms with van der Waals surface area (Å²) < 4.78 is 11.3. The maximum absolute atomic E-state index is 11.1. The highest BCUT2D eigenvalue weighted by atomic mass is 16.5. The molecule has 29 heavy (non-hydrogen) atoms. The summed E-state index contributed by atoms with van der Waals surface area (Å²) >= 11 is 0. The van der Waals surface area contributed by atoms with Gasteiger partial charge in [0.1, 0.15) is 5.75 Å². The monoisotopic (exact) mass is 401 g/mol. The Morgan fingerprint density at radius 3 is 2.62 bits per heavy atom. The van der Waals surface area contributed by atoms with Crippen molar-refractivity contribution in [3.63, 3.8) is 0 Å². The van der Waals surface area contributed by atoms with Gasteiger partial charge in [0.05, 0.1) is 12.2 Å². The van der Waals surface area contributed by atoms with Gasteiger partial charge < -0.3 is 19.3 Å². The molecule has 3 rings (SSSR count). The van der Waals surface area contributed by atoms with Crippen LogP contribution in [-0.2, 0) is 0 Å². The van der Waals surface area contributed by atoms with Crippen molar-refractivity contribution in [2.75, 3.05) is 24.6 Å². The number of hydrogen-bond acceptors (Lipinski definition) is 6. The van der Waals surface area contributed by atoms with E-state index in [0.29, 0.717) is 30.0 Å². The van der Waals surface area contributed by atoms with Gasteiger partial charge in [0.15, 0.2) is 5.82 Å². The highest BCUT2D eigenvalue weighted by Gasteiger charge is 2.26. The molecular weight excluding hydrogens is 370 g/mol. The number of rotatable bonds is 8. The molecule has 0 amide bonds. The van der Waals surface area contributed by atoms with Gasteiger partial charge in [0.25, 0.3) is 0 Å². The lowest BCUT2D eigenvalue weighted by atomic mass is 9.84. The number of carbonyl (C=O) groups is 1. The first-order valence-electron chi connectivity index (χ1n) is 10.4. The Balaban J connectivity index is 1.43. The van der Waals surface area contributed by atoms with E-state index < -0.39 is 5.97 Å². The molecule has 0 unspecified atom stereocenters. The van der Waals surface area contributed by atoms with Crippen LogP contribution in [0.5, 0.6) is 5.75 Å². The van der Waals surface area contributed by atoms with Gasteiger partial charge in [-0.2, -0.15) is 4.98 Å². The van der Waals surface area contributed by atoms with Crippen LogP contribution in [0.2, 0.25) is 0 Å². The predicted octanol–water partition coefficient (Wildman–Crippen LogP) is 4.52. The van der Waals surface area contributed by atoms with Crippen LogP contribution in [0.3, 0.4) is 0 Å². The summed E-state index contributed by atoms with van der Waals surface area (Å²) in [5.41, 5.74) is 1.04. The van der Waals surface area contributed by atoms with E-state index in [1.165, 1.54) is 0 Å². The number of carboxylic acid groups (broad SMARTS) is 1. The molecule has 1 aromatic heterocycles. The molecule has 7 heteroatoms. The molecule has 1 N–H and O–H groups in total. The third-order valence-corrected chi connectivity index (χ3v) is 5.83. The van der Waals surface area contributed by atoms with Crippen LogP contribution in [0.4, 0.5) is 6.01 Å². The van der Waals surface area contributed by atoms with E-state index >= 15 is 0 Å². The molecule has 1 fully saturated rings. The number of ether oxygens (including phenoxy) is 1. The maximum Gasteiger partial charge on any atom is 0.335 e. The van der Waals surface area contributed by atoms with E-state index in [9.17, 15) is 4.79 Å². The Labute approximate surface area is 172 Å². The van der Waals surface area contributed by atoms with E-state index in [0.717, 1.165) is 49.5 Å². The predicted molar refractivity (Wildman–Crippen MR) is 111 cm³/mol. The number of nitrogens with zero attached hydrogens (tertiary/aromatic N) is 3. The third-order valence-electron chi connectivity index (χ3n) is 5.83. The summed E-state index contributed by atoms with van der Waals surface area (Å²) in [4.78, 5) is 17.8. The number of hydrogen-bond donors (Lipinski definition) is 1. The first-order valence-corrected chi connectivity index (χ1v) is 10.4. The van der Waals surface area contributed by atoms with Crippen LogP contribution >= 0.6 is 0 Å². The molecule has 1 aliphatic heterocycles. The van der Waals surface area contributed by atoms with E-state index in [1.54, 1.807) is 25.1 Å². The standard InChI is InChI=1S/C22H31N3O4/c1-14(2)20-23-22(29-24-20)25-10-7-17(8-11-25)15(3)9-12-28-18-5-6-19(21(26)27)16(4)13-18/h5-6,13-15,17H,7-12H2,1-4H3,(H,26,27)/t15-/m1/s1.